The van der Waals surface area contributed by atoms with E-state index in [1.165, 1.54) is 5.56 Å². The van der Waals surface area contributed by atoms with Gasteiger partial charge in [-0.05, 0) is 25.1 Å². The molecule has 0 saturated heterocycles. The Morgan fingerprint density at radius 3 is 2.00 bits per heavy atom. The Morgan fingerprint density at radius 1 is 1.07 bits per heavy atom. The second-order valence-corrected chi connectivity index (χ2v) is 5.59. The maximum atomic E-state index is 2.31. The fourth-order valence-electron chi connectivity index (χ4n) is 1.93. The van der Waals surface area contributed by atoms with E-state index in [9.17, 15) is 0 Å². The molecular weight excluding hydrogens is 182 g/mol. The molecule has 84 valence electrons. The molecule has 1 aromatic carbocycles. The summed E-state index contributed by atoms with van der Waals surface area (Å²) in [4.78, 5) is 2.27. The SMILES string of the molecule is CN(C)CC(c1ccccc1)C(C)(C)C. The first kappa shape index (κ1) is 12.3. The van der Waals surface area contributed by atoms with Crippen LogP contribution in [0.3, 0.4) is 0 Å². The van der Waals surface area contributed by atoms with Crippen LogP contribution >= 0.6 is 0 Å². The van der Waals surface area contributed by atoms with Crippen molar-refractivity contribution in [2.75, 3.05) is 20.6 Å². The number of hydrogen-bond donors (Lipinski definition) is 0. The summed E-state index contributed by atoms with van der Waals surface area (Å²) in [6, 6.07) is 10.8. The third-order valence-electron chi connectivity index (χ3n) is 2.80. The van der Waals surface area contributed by atoms with Gasteiger partial charge in [-0.1, -0.05) is 51.1 Å². The number of rotatable bonds is 3. The maximum absolute atomic E-state index is 2.31. The summed E-state index contributed by atoms with van der Waals surface area (Å²) in [5.41, 5.74) is 1.75. The quantitative estimate of drug-likeness (QED) is 0.731. The van der Waals surface area contributed by atoms with E-state index in [4.69, 9.17) is 0 Å². The van der Waals surface area contributed by atoms with Crippen molar-refractivity contribution in [2.24, 2.45) is 5.41 Å². The van der Waals surface area contributed by atoms with Gasteiger partial charge in [0.05, 0.1) is 0 Å². The topological polar surface area (TPSA) is 3.24 Å². The van der Waals surface area contributed by atoms with E-state index in [2.05, 4.69) is 70.1 Å². The average Bonchev–Trinajstić information content (AvgIpc) is 2.14. The Kier molecular flexibility index (Phi) is 3.92. The van der Waals surface area contributed by atoms with E-state index in [-0.39, 0.29) is 0 Å². The fraction of sp³-hybridized carbons (Fsp3) is 0.571. The molecule has 1 atom stereocenters. The van der Waals surface area contributed by atoms with Gasteiger partial charge in [-0.3, -0.25) is 0 Å². The molecule has 0 aliphatic carbocycles. The van der Waals surface area contributed by atoms with Crippen molar-refractivity contribution in [1.29, 1.82) is 0 Å². The van der Waals surface area contributed by atoms with Crippen molar-refractivity contribution in [1.82, 2.24) is 4.90 Å². The van der Waals surface area contributed by atoms with E-state index < -0.39 is 0 Å². The molecule has 15 heavy (non-hydrogen) atoms. The van der Waals surface area contributed by atoms with Gasteiger partial charge in [0.1, 0.15) is 0 Å². The molecule has 0 heterocycles. The molecule has 0 radical (unpaired) electrons. The van der Waals surface area contributed by atoms with Gasteiger partial charge in [-0.25, -0.2) is 0 Å². The molecule has 0 spiro atoms. The van der Waals surface area contributed by atoms with Crippen molar-refractivity contribution >= 4 is 0 Å². The van der Waals surface area contributed by atoms with Crippen LogP contribution in [0.5, 0.6) is 0 Å². The lowest BCUT2D eigenvalue weighted by Gasteiger charge is -2.33. The second kappa shape index (κ2) is 4.80. The van der Waals surface area contributed by atoms with Crippen molar-refractivity contribution in [3.8, 4) is 0 Å². The zero-order chi connectivity index (χ0) is 11.5. The van der Waals surface area contributed by atoms with Crippen molar-refractivity contribution < 1.29 is 0 Å². The summed E-state index contributed by atoms with van der Waals surface area (Å²) in [5.74, 6) is 0.591. The third kappa shape index (κ3) is 3.67. The first-order chi connectivity index (χ1) is 6.91. The standard InChI is InChI=1S/C14H23N/c1-14(2,3)13(11-15(4)5)12-9-7-6-8-10-12/h6-10,13H,11H2,1-5H3. The minimum Gasteiger partial charge on any atom is -0.309 e. The van der Waals surface area contributed by atoms with E-state index in [1.807, 2.05) is 0 Å². The molecule has 1 unspecified atom stereocenters. The van der Waals surface area contributed by atoms with Crippen LogP contribution in [0.15, 0.2) is 30.3 Å². The molecular formula is C14H23N. The Bertz CT molecular complexity index is 282. The van der Waals surface area contributed by atoms with Crippen molar-refractivity contribution in [2.45, 2.75) is 26.7 Å². The van der Waals surface area contributed by atoms with Crippen LogP contribution in [0.2, 0.25) is 0 Å². The summed E-state index contributed by atoms with van der Waals surface area (Å²) >= 11 is 0. The number of benzene rings is 1. The molecule has 0 bridgehead atoms. The van der Waals surface area contributed by atoms with Crippen molar-refractivity contribution in [3.05, 3.63) is 35.9 Å². The lowest BCUT2D eigenvalue weighted by Crippen LogP contribution is -2.29. The molecule has 1 rings (SSSR count). The molecule has 0 aliphatic heterocycles. The third-order valence-corrected chi connectivity index (χ3v) is 2.80. The second-order valence-electron chi connectivity index (χ2n) is 5.59. The summed E-state index contributed by atoms with van der Waals surface area (Å²) < 4.78 is 0. The summed E-state index contributed by atoms with van der Waals surface area (Å²) in [5, 5.41) is 0. The first-order valence-corrected chi connectivity index (χ1v) is 5.61. The summed E-state index contributed by atoms with van der Waals surface area (Å²) in [6.45, 7) is 8.05. The van der Waals surface area contributed by atoms with E-state index in [0.717, 1.165) is 6.54 Å². The normalized spacial score (nSPS) is 14.3. The predicted molar refractivity (Wildman–Crippen MR) is 67.2 cm³/mol. The number of nitrogens with zero attached hydrogens (tertiary/aromatic N) is 1. The Labute approximate surface area is 94.1 Å². The lowest BCUT2D eigenvalue weighted by atomic mass is 9.76. The molecule has 0 saturated carbocycles. The van der Waals surface area contributed by atoms with Crippen LogP contribution in [0.25, 0.3) is 0 Å². The predicted octanol–water partition coefficient (Wildman–Crippen LogP) is 3.38. The van der Waals surface area contributed by atoms with Crippen LogP contribution < -0.4 is 0 Å². The smallest absolute Gasteiger partial charge is 0.00492 e. The highest BCUT2D eigenvalue weighted by atomic mass is 15.1. The minimum absolute atomic E-state index is 0.311. The zero-order valence-corrected chi connectivity index (χ0v) is 10.6. The molecule has 0 amide bonds. The lowest BCUT2D eigenvalue weighted by molar-refractivity contribution is 0.250. The van der Waals surface area contributed by atoms with Gasteiger partial charge in [-0.15, -0.1) is 0 Å². The summed E-state index contributed by atoms with van der Waals surface area (Å²) in [6.07, 6.45) is 0. The highest BCUT2D eigenvalue weighted by molar-refractivity contribution is 5.21. The molecule has 1 nitrogen and oxygen atoms in total. The zero-order valence-electron chi connectivity index (χ0n) is 10.6. The Morgan fingerprint density at radius 2 is 1.60 bits per heavy atom. The van der Waals surface area contributed by atoms with Gasteiger partial charge in [-0.2, -0.15) is 0 Å². The molecule has 1 heteroatoms. The molecule has 0 aromatic heterocycles. The van der Waals surface area contributed by atoms with Crippen molar-refractivity contribution in [3.63, 3.8) is 0 Å². The minimum atomic E-state index is 0.311. The van der Waals surface area contributed by atoms with Gasteiger partial charge in [0.15, 0.2) is 0 Å². The van der Waals surface area contributed by atoms with Crippen LogP contribution in [0.1, 0.15) is 32.3 Å². The van der Waals surface area contributed by atoms with Crippen LogP contribution in [0.4, 0.5) is 0 Å². The molecule has 0 fully saturated rings. The summed E-state index contributed by atoms with van der Waals surface area (Å²) in [7, 11) is 4.28. The van der Waals surface area contributed by atoms with E-state index in [1.54, 1.807) is 0 Å². The highest BCUT2D eigenvalue weighted by Crippen LogP contribution is 2.35. The Hall–Kier alpha value is -0.820. The van der Waals surface area contributed by atoms with Crippen LogP contribution in [-0.2, 0) is 0 Å². The van der Waals surface area contributed by atoms with Gasteiger partial charge < -0.3 is 4.90 Å². The molecule has 0 N–H and O–H groups in total. The van der Waals surface area contributed by atoms with Gasteiger partial charge in [0.2, 0.25) is 0 Å². The molecule has 1 aromatic rings. The van der Waals surface area contributed by atoms with Crippen LogP contribution in [-0.4, -0.2) is 25.5 Å². The average molecular weight is 205 g/mol. The Balaban J connectivity index is 2.92. The fourth-order valence-corrected chi connectivity index (χ4v) is 1.93. The van der Waals surface area contributed by atoms with Crippen LogP contribution in [0, 0.1) is 5.41 Å². The van der Waals surface area contributed by atoms with Gasteiger partial charge in [0, 0.05) is 12.5 Å². The van der Waals surface area contributed by atoms with Gasteiger partial charge >= 0.3 is 0 Å². The van der Waals surface area contributed by atoms with Gasteiger partial charge in [0.25, 0.3) is 0 Å². The maximum Gasteiger partial charge on any atom is 0.00492 e. The van der Waals surface area contributed by atoms with E-state index >= 15 is 0 Å². The number of likely N-dealkylation sites (N-methyl/N-ethyl adjacent to an activating group) is 1. The monoisotopic (exact) mass is 205 g/mol. The molecule has 0 aliphatic rings. The first-order valence-electron chi connectivity index (χ1n) is 5.61. The van der Waals surface area contributed by atoms with E-state index in [0.29, 0.717) is 11.3 Å². The highest BCUT2D eigenvalue weighted by Gasteiger charge is 2.26. The number of hydrogen-bond acceptors (Lipinski definition) is 1. The largest absolute Gasteiger partial charge is 0.309 e.